The fourth-order valence-electron chi connectivity index (χ4n) is 2.71. The molecule has 1 unspecified atom stereocenters. The van der Waals surface area contributed by atoms with Gasteiger partial charge in [-0.1, -0.05) is 11.6 Å². The van der Waals surface area contributed by atoms with Gasteiger partial charge in [0.05, 0.1) is 22.9 Å². The van der Waals surface area contributed by atoms with Gasteiger partial charge in [0, 0.05) is 13.1 Å². The Hall–Kier alpha value is -3.19. The fourth-order valence-corrected chi connectivity index (χ4v) is 2.94. The van der Waals surface area contributed by atoms with Crippen LogP contribution in [-0.4, -0.2) is 46.5 Å². The fraction of sp³-hybridized carbons (Fsp3) is 0.368. The van der Waals surface area contributed by atoms with Crippen molar-refractivity contribution >= 4 is 23.5 Å². The van der Waals surface area contributed by atoms with E-state index in [-0.39, 0.29) is 27.9 Å². The third kappa shape index (κ3) is 5.25. The molecule has 9 nitrogen and oxygen atoms in total. The SMILES string of the molecule is CC(OC(=O)c1cc(-n2c(=O)cc(C(F)(F)F)n(C)c2=O)c(F)cc1Cl)C(=O)OC[C@H]1CO1. The minimum atomic E-state index is -5.02. The lowest BCUT2D eigenvalue weighted by atomic mass is 10.2. The topological polar surface area (TPSA) is 109 Å². The molecule has 178 valence electrons. The van der Waals surface area contributed by atoms with Crippen LogP contribution in [0.1, 0.15) is 23.0 Å². The number of aromatic nitrogens is 2. The molecule has 0 bridgehead atoms. The number of alkyl halides is 3. The first-order valence-corrected chi connectivity index (χ1v) is 9.58. The molecule has 2 atom stereocenters. The van der Waals surface area contributed by atoms with E-state index in [4.69, 9.17) is 25.8 Å². The van der Waals surface area contributed by atoms with Gasteiger partial charge in [0.15, 0.2) is 6.10 Å². The molecule has 1 aromatic heterocycles. The van der Waals surface area contributed by atoms with Crippen molar-refractivity contribution in [2.45, 2.75) is 25.3 Å². The number of halogens is 5. The molecule has 0 amide bonds. The maximum atomic E-state index is 14.5. The number of hydrogen-bond donors (Lipinski definition) is 0. The van der Waals surface area contributed by atoms with E-state index in [0.29, 0.717) is 18.7 Å². The lowest BCUT2D eigenvalue weighted by Gasteiger charge is -2.16. The summed E-state index contributed by atoms with van der Waals surface area (Å²) >= 11 is 5.86. The van der Waals surface area contributed by atoms with Crippen LogP contribution in [0.5, 0.6) is 0 Å². The van der Waals surface area contributed by atoms with Crippen LogP contribution in [0.25, 0.3) is 5.69 Å². The second-order valence-electron chi connectivity index (χ2n) is 6.96. The number of nitrogens with zero attached hydrogens (tertiary/aromatic N) is 2. The van der Waals surface area contributed by atoms with Gasteiger partial charge in [-0.15, -0.1) is 0 Å². The highest BCUT2D eigenvalue weighted by atomic mass is 35.5. The zero-order valence-electron chi connectivity index (χ0n) is 16.9. The Balaban J connectivity index is 1.96. The Bertz CT molecular complexity index is 1230. The molecule has 1 fully saturated rings. The van der Waals surface area contributed by atoms with Crippen LogP contribution in [0.4, 0.5) is 17.6 Å². The Kier molecular flexibility index (Phi) is 6.65. The lowest BCUT2D eigenvalue weighted by molar-refractivity contribution is -0.153. The summed E-state index contributed by atoms with van der Waals surface area (Å²) in [4.78, 5) is 49.0. The van der Waals surface area contributed by atoms with Crippen LogP contribution in [-0.2, 0) is 32.2 Å². The van der Waals surface area contributed by atoms with Crippen LogP contribution >= 0.6 is 11.6 Å². The van der Waals surface area contributed by atoms with Gasteiger partial charge in [-0.3, -0.25) is 9.36 Å². The van der Waals surface area contributed by atoms with Crippen LogP contribution in [0, 0.1) is 5.82 Å². The molecular formula is C19H15ClF4N2O7. The Morgan fingerprint density at radius 1 is 1.27 bits per heavy atom. The number of esters is 2. The Morgan fingerprint density at radius 2 is 1.91 bits per heavy atom. The van der Waals surface area contributed by atoms with Gasteiger partial charge in [0.1, 0.15) is 24.2 Å². The number of carbonyl (C=O) groups excluding carboxylic acids is 2. The second kappa shape index (κ2) is 8.98. The molecule has 2 heterocycles. The van der Waals surface area contributed by atoms with E-state index >= 15 is 0 Å². The molecule has 3 rings (SSSR count). The van der Waals surface area contributed by atoms with E-state index < -0.39 is 63.3 Å². The van der Waals surface area contributed by atoms with E-state index in [0.717, 1.165) is 7.05 Å². The highest BCUT2D eigenvalue weighted by molar-refractivity contribution is 6.33. The summed E-state index contributed by atoms with van der Waals surface area (Å²) in [5.41, 5.74) is -5.95. The van der Waals surface area contributed by atoms with Crippen LogP contribution < -0.4 is 11.2 Å². The monoisotopic (exact) mass is 494 g/mol. The van der Waals surface area contributed by atoms with Crippen molar-refractivity contribution in [1.82, 2.24) is 9.13 Å². The van der Waals surface area contributed by atoms with Crippen molar-refractivity contribution in [3.05, 3.63) is 61.1 Å². The third-order valence-electron chi connectivity index (χ3n) is 4.54. The van der Waals surface area contributed by atoms with Gasteiger partial charge in [0.2, 0.25) is 0 Å². The normalized spacial score (nSPS) is 16.3. The van der Waals surface area contributed by atoms with Crippen molar-refractivity contribution in [3.63, 3.8) is 0 Å². The number of hydrogen-bond acceptors (Lipinski definition) is 7. The molecule has 1 saturated heterocycles. The van der Waals surface area contributed by atoms with Gasteiger partial charge >= 0.3 is 23.8 Å². The zero-order valence-corrected chi connectivity index (χ0v) is 17.7. The Labute approximate surface area is 187 Å². The maximum absolute atomic E-state index is 14.5. The third-order valence-corrected chi connectivity index (χ3v) is 4.85. The molecular weight excluding hydrogens is 480 g/mol. The summed E-state index contributed by atoms with van der Waals surface area (Å²) in [5, 5.41) is -0.495. The molecule has 1 aliphatic rings. The van der Waals surface area contributed by atoms with E-state index in [1.54, 1.807) is 0 Å². The molecule has 33 heavy (non-hydrogen) atoms. The number of carbonyl (C=O) groups is 2. The van der Waals surface area contributed by atoms with Crippen LogP contribution in [0.3, 0.4) is 0 Å². The van der Waals surface area contributed by atoms with Crippen molar-refractivity contribution in [1.29, 1.82) is 0 Å². The van der Waals surface area contributed by atoms with Crippen LogP contribution in [0.2, 0.25) is 5.02 Å². The summed E-state index contributed by atoms with van der Waals surface area (Å²) in [7, 11) is 0.740. The predicted molar refractivity (Wildman–Crippen MR) is 103 cm³/mol. The molecule has 1 aromatic carbocycles. The van der Waals surface area contributed by atoms with Gasteiger partial charge in [-0.2, -0.15) is 13.2 Å². The van der Waals surface area contributed by atoms with E-state index in [1.807, 2.05) is 0 Å². The van der Waals surface area contributed by atoms with Crippen molar-refractivity contribution in [3.8, 4) is 5.69 Å². The number of ether oxygens (including phenoxy) is 3. The van der Waals surface area contributed by atoms with Crippen molar-refractivity contribution < 1.29 is 41.4 Å². The maximum Gasteiger partial charge on any atom is 0.431 e. The highest BCUT2D eigenvalue weighted by Crippen LogP contribution is 2.28. The molecule has 1 aliphatic heterocycles. The summed E-state index contributed by atoms with van der Waals surface area (Å²) in [6, 6.07) is 1.34. The van der Waals surface area contributed by atoms with Crippen molar-refractivity contribution in [2.24, 2.45) is 7.05 Å². The molecule has 0 aliphatic carbocycles. The van der Waals surface area contributed by atoms with Gasteiger partial charge in [-0.05, 0) is 19.1 Å². The quantitative estimate of drug-likeness (QED) is 0.342. The first kappa shape index (κ1) is 24.5. The van der Waals surface area contributed by atoms with E-state index in [2.05, 4.69) is 0 Å². The lowest BCUT2D eigenvalue weighted by Crippen LogP contribution is -2.41. The number of rotatable bonds is 6. The Morgan fingerprint density at radius 3 is 2.48 bits per heavy atom. The first-order chi connectivity index (χ1) is 15.3. The minimum absolute atomic E-state index is 0.0394. The number of epoxide rings is 1. The standard InChI is InChI=1S/C19H15ClF4N2O7/c1-8(16(28)32-7-9-6-31-9)33-17(29)10-3-13(12(21)4-11(10)20)26-15(27)5-14(19(22,23)24)25(2)18(26)30/h3-5,8-9H,6-7H2,1-2H3/t8?,9-/m1/s1. The smallest absolute Gasteiger partial charge is 0.431 e. The predicted octanol–water partition coefficient (Wildman–Crippen LogP) is 1.83. The van der Waals surface area contributed by atoms with Gasteiger partial charge in [-0.25, -0.2) is 23.3 Å². The van der Waals surface area contributed by atoms with Gasteiger partial charge < -0.3 is 14.2 Å². The van der Waals surface area contributed by atoms with Crippen LogP contribution in [0.15, 0.2) is 27.8 Å². The average molecular weight is 495 g/mol. The molecule has 0 saturated carbocycles. The zero-order chi connectivity index (χ0) is 24.7. The molecule has 0 radical (unpaired) electrons. The van der Waals surface area contributed by atoms with Gasteiger partial charge in [0.25, 0.3) is 5.56 Å². The summed E-state index contributed by atoms with van der Waals surface area (Å²) < 4.78 is 68.5. The molecule has 0 N–H and O–H groups in total. The molecule has 14 heteroatoms. The summed E-state index contributed by atoms with van der Waals surface area (Å²) in [6.07, 6.45) is -6.64. The van der Waals surface area contributed by atoms with E-state index in [1.165, 1.54) is 6.92 Å². The molecule has 2 aromatic rings. The minimum Gasteiger partial charge on any atom is -0.460 e. The summed E-state index contributed by atoms with van der Waals surface area (Å²) in [5.74, 6) is -3.40. The van der Waals surface area contributed by atoms with Crippen molar-refractivity contribution in [2.75, 3.05) is 13.2 Å². The average Bonchev–Trinajstić information content (AvgIpc) is 3.53. The summed E-state index contributed by atoms with van der Waals surface area (Å²) in [6.45, 7) is 1.59. The second-order valence-corrected chi connectivity index (χ2v) is 7.37. The highest BCUT2D eigenvalue weighted by Gasteiger charge is 2.35. The largest absolute Gasteiger partial charge is 0.460 e. The molecule has 0 spiro atoms. The van der Waals surface area contributed by atoms with E-state index in [9.17, 15) is 36.7 Å². The number of benzene rings is 1. The first-order valence-electron chi connectivity index (χ1n) is 9.20.